The molecule has 1 aromatic heterocycles. The number of rotatable bonds is 7. The van der Waals surface area contributed by atoms with Crippen molar-refractivity contribution in [1.29, 1.82) is 5.26 Å². The van der Waals surface area contributed by atoms with Crippen molar-refractivity contribution in [1.82, 2.24) is 10.2 Å². The van der Waals surface area contributed by atoms with Crippen molar-refractivity contribution in [2.45, 2.75) is 19.4 Å². The third-order valence-electron chi connectivity index (χ3n) is 5.84. The van der Waals surface area contributed by atoms with E-state index in [9.17, 15) is 5.26 Å². The molecule has 7 nitrogen and oxygen atoms in total. The van der Waals surface area contributed by atoms with Gasteiger partial charge in [0.15, 0.2) is 11.5 Å². The lowest BCUT2D eigenvalue weighted by molar-refractivity contribution is 0.269. The number of ether oxygens (including phenoxy) is 3. The summed E-state index contributed by atoms with van der Waals surface area (Å²) in [6, 6.07) is 27.7. The average molecular weight is 465 g/mol. The first-order valence-corrected chi connectivity index (χ1v) is 11.3. The van der Waals surface area contributed by atoms with Crippen molar-refractivity contribution in [3.63, 3.8) is 0 Å². The van der Waals surface area contributed by atoms with E-state index in [4.69, 9.17) is 19.9 Å². The SMILES string of the molecule is CCOc1cc(C2C(C#N)=C(N)Oc3n[nH]c(-c4ccccc4)c32)ccc1OCc1ccccc1. The number of fused-ring (bicyclic) bond motifs is 1. The van der Waals surface area contributed by atoms with E-state index < -0.39 is 5.92 Å². The summed E-state index contributed by atoms with van der Waals surface area (Å²) in [5.74, 6) is 1.12. The lowest BCUT2D eigenvalue weighted by Crippen LogP contribution is -2.21. The Labute approximate surface area is 203 Å². The molecule has 0 aliphatic carbocycles. The zero-order valence-corrected chi connectivity index (χ0v) is 19.2. The monoisotopic (exact) mass is 464 g/mol. The fraction of sp³-hybridized carbons (Fsp3) is 0.143. The Bertz CT molecular complexity index is 1410. The Hall–Kier alpha value is -4.70. The van der Waals surface area contributed by atoms with E-state index in [1.807, 2.05) is 85.8 Å². The third-order valence-corrected chi connectivity index (χ3v) is 5.84. The minimum atomic E-state index is -0.486. The number of nitrogens with one attached hydrogen (secondary N) is 1. The molecule has 0 saturated heterocycles. The molecule has 0 saturated carbocycles. The molecular formula is C28H24N4O3. The maximum atomic E-state index is 10.0. The second-order valence-corrected chi connectivity index (χ2v) is 8.02. The number of aromatic nitrogens is 2. The van der Waals surface area contributed by atoms with Crippen LogP contribution in [0, 0.1) is 11.3 Å². The largest absolute Gasteiger partial charge is 0.490 e. The molecule has 5 rings (SSSR count). The van der Waals surface area contributed by atoms with Crippen molar-refractivity contribution in [2.75, 3.05) is 6.61 Å². The first-order chi connectivity index (χ1) is 17.2. The van der Waals surface area contributed by atoms with Gasteiger partial charge in [0.25, 0.3) is 0 Å². The fourth-order valence-corrected chi connectivity index (χ4v) is 4.23. The Morgan fingerprint density at radius 2 is 1.74 bits per heavy atom. The van der Waals surface area contributed by atoms with Gasteiger partial charge in [-0.15, -0.1) is 5.10 Å². The van der Waals surface area contributed by atoms with Gasteiger partial charge in [0.05, 0.1) is 23.8 Å². The van der Waals surface area contributed by atoms with Gasteiger partial charge in [0, 0.05) is 0 Å². The highest BCUT2D eigenvalue weighted by molar-refractivity contribution is 5.71. The Morgan fingerprint density at radius 1 is 1.00 bits per heavy atom. The van der Waals surface area contributed by atoms with Crippen LogP contribution >= 0.6 is 0 Å². The minimum absolute atomic E-state index is 0.0403. The van der Waals surface area contributed by atoms with E-state index >= 15 is 0 Å². The molecule has 4 aromatic rings. The van der Waals surface area contributed by atoms with E-state index in [1.54, 1.807) is 0 Å². The van der Waals surface area contributed by atoms with Crippen LogP contribution in [-0.4, -0.2) is 16.8 Å². The molecule has 2 heterocycles. The predicted molar refractivity (Wildman–Crippen MR) is 132 cm³/mol. The van der Waals surface area contributed by atoms with Gasteiger partial charge >= 0.3 is 0 Å². The summed E-state index contributed by atoms with van der Waals surface area (Å²) in [6.07, 6.45) is 0. The maximum absolute atomic E-state index is 10.0. The second-order valence-electron chi connectivity index (χ2n) is 8.02. The third kappa shape index (κ3) is 4.30. The topological polar surface area (TPSA) is 106 Å². The highest BCUT2D eigenvalue weighted by Crippen LogP contribution is 2.47. The number of aromatic amines is 1. The Morgan fingerprint density at radius 3 is 2.46 bits per heavy atom. The standard InChI is InChI=1S/C28H24N4O3/c1-2-33-23-15-20(13-14-22(23)34-17-18-9-5-3-6-10-18)24-21(16-29)27(30)35-28-25(24)26(31-32-28)19-11-7-4-8-12-19/h3-15,24H,2,17,30H2,1H3,(H,31,32). The van der Waals surface area contributed by atoms with Crippen LogP contribution in [-0.2, 0) is 6.61 Å². The van der Waals surface area contributed by atoms with Crippen LogP contribution < -0.4 is 19.9 Å². The highest BCUT2D eigenvalue weighted by atomic mass is 16.5. The molecule has 0 spiro atoms. The first kappa shape index (κ1) is 22.1. The van der Waals surface area contributed by atoms with Crippen LogP contribution in [0.4, 0.5) is 0 Å². The van der Waals surface area contributed by atoms with Gasteiger partial charge in [0.1, 0.15) is 18.2 Å². The van der Waals surface area contributed by atoms with Crippen molar-refractivity contribution < 1.29 is 14.2 Å². The summed E-state index contributed by atoms with van der Waals surface area (Å²) >= 11 is 0. The zero-order valence-electron chi connectivity index (χ0n) is 19.2. The number of H-pyrrole nitrogens is 1. The predicted octanol–water partition coefficient (Wildman–Crippen LogP) is 5.27. The van der Waals surface area contributed by atoms with E-state index in [0.717, 1.165) is 27.9 Å². The maximum Gasteiger partial charge on any atom is 0.244 e. The molecule has 0 fully saturated rings. The highest BCUT2D eigenvalue weighted by Gasteiger charge is 2.36. The van der Waals surface area contributed by atoms with Crippen molar-refractivity contribution in [3.8, 4) is 34.7 Å². The molecule has 0 bridgehead atoms. The summed E-state index contributed by atoms with van der Waals surface area (Å²) in [7, 11) is 0. The normalized spacial score (nSPS) is 14.6. The van der Waals surface area contributed by atoms with Gasteiger partial charge < -0.3 is 19.9 Å². The average Bonchev–Trinajstić information content (AvgIpc) is 3.31. The number of hydrogen-bond donors (Lipinski definition) is 2. The van der Waals surface area contributed by atoms with Crippen LogP contribution in [0.25, 0.3) is 11.3 Å². The van der Waals surface area contributed by atoms with Crippen LogP contribution in [0.2, 0.25) is 0 Å². The van der Waals surface area contributed by atoms with Crippen molar-refractivity contribution in [2.24, 2.45) is 5.73 Å². The number of benzene rings is 3. The number of hydrogen-bond acceptors (Lipinski definition) is 6. The zero-order chi connectivity index (χ0) is 24.2. The van der Waals surface area contributed by atoms with Gasteiger partial charge in [0.2, 0.25) is 11.8 Å². The molecule has 1 unspecified atom stereocenters. The quantitative estimate of drug-likeness (QED) is 0.386. The summed E-state index contributed by atoms with van der Waals surface area (Å²) in [5.41, 5.74) is 10.8. The summed E-state index contributed by atoms with van der Waals surface area (Å²) in [6.45, 7) is 2.80. The summed E-state index contributed by atoms with van der Waals surface area (Å²) < 4.78 is 17.7. The second kappa shape index (κ2) is 9.65. The molecule has 35 heavy (non-hydrogen) atoms. The van der Waals surface area contributed by atoms with Gasteiger partial charge in [-0.3, -0.25) is 5.10 Å². The molecule has 1 atom stereocenters. The molecule has 7 heteroatoms. The van der Waals surface area contributed by atoms with Gasteiger partial charge in [-0.25, -0.2) is 0 Å². The lowest BCUT2D eigenvalue weighted by Gasteiger charge is -2.25. The molecule has 3 N–H and O–H groups in total. The van der Waals surface area contributed by atoms with Gasteiger partial charge in [-0.2, -0.15) is 5.26 Å². The molecule has 0 radical (unpaired) electrons. The fourth-order valence-electron chi connectivity index (χ4n) is 4.23. The first-order valence-electron chi connectivity index (χ1n) is 11.3. The van der Waals surface area contributed by atoms with Crippen LogP contribution in [0.5, 0.6) is 17.4 Å². The molecule has 0 amide bonds. The number of nitriles is 1. The molecule has 1 aliphatic rings. The van der Waals surface area contributed by atoms with Gasteiger partial charge in [-0.1, -0.05) is 66.7 Å². The van der Waals surface area contributed by atoms with Crippen molar-refractivity contribution in [3.05, 3.63) is 107 Å². The van der Waals surface area contributed by atoms with Crippen LogP contribution in [0.1, 0.15) is 29.5 Å². The van der Waals surface area contributed by atoms with Crippen LogP contribution in [0.3, 0.4) is 0 Å². The van der Waals surface area contributed by atoms with Crippen LogP contribution in [0.15, 0.2) is 90.3 Å². The van der Waals surface area contributed by atoms with E-state index in [0.29, 0.717) is 36.2 Å². The number of nitrogens with zero attached hydrogens (tertiary/aromatic N) is 2. The molecule has 1 aliphatic heterocycles. The summed E-state index contributed by atoms with van der Waals surface area (Å²) in [4.78, 5) is 0. The van der Waals surface area contributed by atoms with E-state index in [1.165, 1.54) is 0 Å². The lowest BCUT2D eigenvalue weighted by atomic mass is 9.83. The van der Waals surface area contributed by atoms with E-state index in [-0.39, 0.29) is 5.88 Å². The Kier molecular flexibility index (Phi) is 6.10. The number of allylic oxidation sites excluding steroid dienone is 1. The van der Waals surface area contributed by atoms with E-state index in [2.05, 4.69) is 16.3 Å². The molecule has 174 valence electrons. The molecular weight excluding hydrogens is 440 g/mol. The number of nitrogens with two attached hydrogens (primary N) is 1. The Balaban J connectivity index is 1.57. The summed E-state index contributed by atoms with van der Waals surface area (Å²) in [5, 5.41) is 17.4. The minimum Gasteiger partial charge on any atom is -0.490 e. The van der Waals surface area contributed by atoms with Crippen molar-refractivity contribution >= 4 is 0 Å². The smallest absolute Gasteiger partial charge is 0.244 e. The molecule has 3 aromatic carbocycles. The van der Waals surface area contributed by atoms with Gasteiger partial charge in [-0.05, 0) is 35.7 Å².